The summed E-state index contributed by atoms with van der Waals surface area (Å²) in [5.74, 6) is 0. The predicted molar refractivity (Wildman–Crippen MR) is 140 cm³/mol. The number of hydrogen-bond donors (Lipinski definition) is 0. The molecule has 1 aliphatic rings. The van der Waals surface area contributed by atoms with E-state index in [-0.39, 0.29) is 22.3 Å². The molecule has 0 spiro atoms. The number of rotatable bonds is 6. The van der Waals surface area contributed by atoms with Crippen molar-refractivity contribution in [2.24, 2.45) is 4.99 Å². The van der Waals surface area contributed by atoms with Crippen molar-refractivity contribution in [1.29, 1.82) is 0 Å². The third-order valence-corrected chi connectivity index (χ3v) is 16.4. The van der Waals surface area contributed by atoms with Gasteiger partial charge in [0.1, 0.15) is 5.69 Å². The summed E-state index contributed by atoms with van der Waals surface area (Å²) in [6.45, 7) is 24.7. The van der Waals surface area contributed by atoms with Crippen LogP contribution in [0.3, 0.4) is 0 Å². The van der Waals surface area contributed by atoms with Gasteiger partial charge in [-0.2, -0.15) is 4.99 Å². The van der Waals surface area contributed by atoms with Gasteiger partial charge in [-0.05, 0) is 61.0 Å². The van der Waals surface area contributed by atoms with Crippen molar-refractivity contribution in [1.82, 2.24) is 4.98 Å². The Kier molecular flexibility index (Phi) is 8.11. The normalized spacial score (nSPS) is 21.0. The van der Waals surface area contributed by atoms with E-state index < -0.39 is 16.6 Å². The molecule has 2 atom stereocenters. The highest BCUT2D eigenvalue weighted by molar-refractivity contribution is 7.78. The first-order chi connectivity index (χ1) is 14.1. The molecule has 1 fully saturated rings. The Labute approximate surface area is 196 Å². The molecule has 0 N–H and O–H groups in total. The first kappa shape index (κ1) is 26.4. The highest BCUT2D eigenvalue weighted by atomic mass is 32.1. The van der Waals surface area contributed by atoms with Gasteiger partial charge in [0.2, 0.25) is 0 Å². The fraction of sp³-hybridized carbons (Fsp3) is 0.739. The van der Waals surface area contributed by atoms with Gasteiger partial charge >= 0.3 is 0 Å². The molecule has 1 aromatic heterocycles. The number of piperidine rings is 1. The SMILES string of the molecule is CC(C)(C)[Si](C)(C)O[C@@H]1CCN(c2ccncc2N=C=S)C[C@H]1O[Si](C)(C)C(C)(C)C. The van der Waals surface area contributed by atoms with Crippen LogP contribution in [0.5, 0.6) is 0 Å². The fourth-order valence-corrected chi connectivity index (χ4v) is 6.07. The van der Waals surface area contributed by atoms with Crippen molar-refractivity contribution in [3.8, 4) is 0 Å². The van der Waals surface area contributed by atoms with Crippen LogP contribution >= 0.6 is 12.2 Å². The molecule has 0 amide bonds. The van der Waals surface area contributed by atoms with Gasteiger partial charge in [-0.25, -0.2) is 0 Å². The smallest absolute Gasteiger partial charge is 0.192 e. The average molecular weight is 480 g/mol. The first-order valence-corrected chi connectivity index (χ1v) is 17.4. The van der Waals surface area contributed by atoms with E-state index >= 15 is 0 Å². The van der Waals surface area contributed by atoms with Crippen LogP contribution in [0.15, 0.2) is 23.5 Å². The van der Waals surface area contributed by atoms with Crippen molar-refractivity contribution in [2.75, 3.05) is 18.0 Å². The monoisotopic (exact) mass is 479 g/mol. The standard InChI is InChI=1S/C23H41N3O2SSi2/c1-22(2,3)30(7,8)27-20-12-14-26(19-11-13-24-15-18(19)25-17-29)16-21(20)28-31(9,10)23(4,5)6/h11,13,15,20-21H,12,14,16H2,1-10H3/t20-,21-/m1/s1. The van der Waals surface area contributed by atoms with Gasteiger partial charge in [-0.3, -0.25) is 4.98 Å². The lowest BCUT2D eigenvalue weighted by Crippen LogP contribution is -2.58. The zero-order chi connectivity index (χ0) is 23.7. The number of nitrogens with zero attached hydrogens (tertiary/aromatic N) is 3. The molecule has 2 heterocycles. The minimum atomic E-state index is -1.97. The molecule has 8 heteroatoms. The lowest BCUT2D eigenvalue weighted by molar-refractivity contribution is 0.0232. The summed E-state index contributed by atoms with van der Waals surface area (Å²) in [6.07, 6.45) is 4.59. The highest BCUT2D eigenvalue weighted by Gasteiger charge is 2.46. The molecular weight excluding hydrogens is 439 g/mol. The van der Waals surface area contributed by atoms with Crippen molar-refractivity contribution >= 4 is 45.4 Å². The Balaban J connectivity index is 2.36. The lowest BCUT2D eigenvalue weighted by Gasteiger charge is -2.49. The molecular formula is C23H41N3O2SSi2. The number of hydrogen-bond acceptors (Lipinski definition) is 6. The van der Waals surface area contributed by atoms with Crippen molar-refractivity contribution in [2.45, 2.75) is 96.4 Å². The zero-order valence-electron chi connectivity index (χ0n) is 21.1. The Morgan fingerprint density at radius 3 is 2.10 bits per heavy atom. The molecule has 174 valence electrons. The van der Waals surface area contributed by atoms with Gasteiger partial charge in [0.05, 0.1) is 29.3 Å². The average Bonchev–Trinajstić information content (AvgIpc) is 2.61. The highest BCUT2D eigenvalue weighted by Crippen LogP contribution is 2.42. The van der Waals surface area contributed by atoms with E-state index in [1.807, 2.05) is 6.07 Å². The number of pyridine rings is 1. The van der Waals surface area contributed by atoms with Crippen molar-refractivity contribution in [3.05, 3.63) is 18.5 Å². The van der Waals surface area contributed by atoms with Crippen molar-refractivity contribution in [3.63, 3.8) is 0 Å². The largest absolute Gasteiger partial charge is 0.411 e. The Morgan fingerprint density at radius 1 is 1.03 bits per heavy atom. The van der Waals surface area contributed by atoms with Crippen LogP contribution in [0.2, 0.25) is 36.3 Å². The summed E-state index contributed by atoms with van der Waals surface area (Å²) < 4.78 is 13.9. The predicted octanol–water partition coefficient (Wildman–Crippen LogP) is 6.81. The summed E-state index contributed by atoms with van der Waals surface area (Å²) in [4.78, 5) is 10.8. The molecule has 2 rings (SSSR count). The van der Waals surface area contributed by atoms with Crippen LogP contribution in [-0.2, 0) is 8.85 Å². The van der Waals surface area contributed by atoms with Crippen LogP contribution in [0.1, 0.15) is 48.0 Å². The van der Waals surface area contributed by atoms with E-state index in [0.29, 0.717) is 0 Å². The number of isothiocyanates is 1. The first-order valence-electron chi connectivity index (χ1n) is 11.2. The second kappa shape index (κ2) is 9.53. The van der Waals surface area contributed by atoms with E-state index in [2.05, 4.69) is 87.8 Å². The maximum atomic E-state index is 6.98. The fourth-order valence-electron chi connectivity index (χ4n) is 3.25. The molecule has 0 aromatic carbocycles. The molecule has 1 saturated heterocycles. The van der Waals surface area contributed by atoms with E-state index in [9.17, 15) is 0 Å². The zero-order valence-corrected chi connectivity index (χ0v) is 23.9. The van der Waals surface area contributed by atoms with Crippen LogP contribution in [0, 0.1) is 0 Å². The summed E-state index contributed by atoms with van der Waals surface area (Å²) in [7, 11) is -3.89. The Bertz CT molecular complexity index is 812. The summed E-state index contributed by atoms with van der Waals surface area (Å²) in [5, 5.41) is 2.79. The summed E-state index contributed by atoms with van der Waals surface area (Å²) >= 11 is 4.85. The molecule has 31 heavy (non-hydrogen) atoms. The van der Waals surface area contributed by atoms with E-state index in [4.69, 9.17) is 21.1 Å². The van der Waals surface area contributed by atoms with Crippen LogP contribution in [0.4, 0.5) is 11.4 Å². The van der Waals surface area contributed by atoms with Gasteiger partial charge in [-0.15, -0.1) is 0 Å². The van der Waals surface area contributed by atoms with E-state index in [1.54, 1.807) is 12.4 Å². The second-order valence-electron chi connectivity index (χ2n) is 11.6. The maximum Gasteiger partial charge on any atom is 0.192 e. The quantitative estimate of drug-likeness (QED) is 0.255. The number of aromatic nitrogens is 1. The van der Waals surface area contributed by atoms with Crippen LogP contribution in [-0.4, -0.2) is 52.1 Å². The third kappa shape index (κ3) is 6.33. The molecule has 0 unspecified atom stereocenters. The third-order valence-electron chi connectivity index (χ3n) is 7.29. The van der Waals surface area contributed by atoms with Crippen LogP contribution < -0.4 is 4.90 Å². The minimum Gasteiger partial charge on any atom is -0.411 e. The molecule has 0 aliphatic carbocycles. The second-order valence-corrected chi connectivity index (χ2v) is 21.3. The summed E-state index contributed by atoms with van der Waals surface area (Å²) in [5.41, 5.74) is 1.79. The summed E-state index contributed by atoms with van der Waals surface area (Å²) in [6, 6.07) is 2.00. The molecule has 0 bridgehead atoms. The number of aliphatic imine (C=N–C) groups is 1. The minimum absolute atomic E-state index is 0.0150. The maximum absolute atomic E-state index is 6.98. The van der Waals surface area contributed by atoms with Crippen molar-refractivity contribution < 1.29 is 8.85 Å². The molecule has 0 saturated carbocycles. The molecule has 0 radical (unpaired) electrons. The number of anilines is 1. The van der Waals surface area contributed by atoms with Gasteiger partial charge in [0.25, 0.3) is 0 Å². The van der Waals surface area contributed by atoms with E-state index in [0.717, 1.165) is 30.9 Å². The van der Waals surface area contributed by atoms with Gasteiger partial charge in [0.15, 0.2) is 16.6 Å². The Morgan fingerprint density at radius 2 is 1.58 bits per heavy atom. The molecule has 1 aromatic rings. The van der Waals surface area contributed by atoms with Crippen LogP contribution in [0.25, 0.3) is 0 Å². The van der Waals surface area contributed by atoms with E-state index in [1.165, 1.54) is 0 Å². The van der Waals surface area contributed by atoms with Gasteiger partial charge < -0.3 is 13.8 Å². The van der Waals surface area contributed by atoms with Gasteiger partial charge in [0, 0.05) is 19.3 Å². The number of thiocarbonyl (C=S) groups is 1. The molecule has 1 aliphatic heterocycles. The lowest BCUT2D eigenvalue weighted by atomic mass is 10.0. The molecule has 5 nitrogen and oxygen atoms in total. The van der Waals surface area contributed by atoms with Gasteiger partial charge in [-0.1, -0.05) is 41.5 Å². The topological polar surface area (TPSA) is 47.0 Å². The Hall–Kier alpha value is -0.896.